The maximum absolute atomic E-state index is 12.0. The van der Waals surface area contributed by atoms with Crippen LogP contribution in [-0.2, 0) is 9.59 Å². The Morgan fingerprint density at radius 2 is 1.95 bits per heavy atom. The number of Topliss-reactive ketones (excluding diaryl/α,β-unsaturated/α-hetero) is 1. The molecular formula is C13H12ClNO4. The van der Waals surface area contributed by atoms with Gasteiger partial charge in [0.15, 0.2) is 5.78 Å². The molecule has 0 atom stereocenters. The summed E-state index contributed by atoms with van der Waals surface area (Å²) in [5.74, 6) is -0.476. The van der Waals surface area contributed by atoms with Gasteiger partial charge in [0, 0.05) is 18.4 Å². The molecule has 0 aromatic heterocycles. The minimum Gasteiger partial charge on any atom is -0.495 e. The summed E-state index contributed by atoms with van der Waals surface area (Å²) in [7, 11) is 1.48. The van der Waals surface area contributed by atoms with Crippen LogP contribution in [0.1, 0.15) is 23.2 Å². The van der Waals surface area contributed by atoms with Crippen molar-refractivity contribution >= 4 is 29.2 Å². The van der Waals surface area contributed by atoms with Crippen LogP contribution in [0.15, 0.2) is 18.2 Å². The molecule has 100 valence electrons. The van der Waals surface area contributed by atoms with Crippen molar-refractivity contribution in [3.05, 3.63) is 28.8 Å². The normalized spacial score (nSPS) is 14.9. The van der Waals surface area contributed by atoms with Gasteiger partial charge in [-0.3, -0.25) is 19.3 Å². The molecule has 1 saturated heterocycles. The summed E-state index contributed by atoms with van der Waals surface area (Å²) in [6, 6.07) is 4.59. The summed E-state index contributed by atoms with van der Waals surface area (Å²) in [5, 5.41) is 0.312. The fraction of sp³-hybridized carbons (Fsp3) is 0.308. The van der Waals surface area contributed by atoms with Gasteiger partial charge in [-0.2, -0.15) is 0 Å². The average Bonchev–Trinajstić information content (AvgIpc) is 2.70. The standard InChI is InChI=1S/C13H12ClNO4/c1-19-11-3-2-8(6-9(11)14)10(16)7-15-12(17)4-5-13(15)18/h2-3,6H,4-5,7H2,1H3. The number of imide groups is 1. The van der Waals surface area contributed by atoms with Crippen molar-refractivity contribution in [1.29, 1.82) is 0 Å². The maximum atomic E-state index is 12.0. The van der Waals surface area contributed by atoms with E-state index in [4.69, 9.17) is 16.3 Å². The lowest BCUT2D eigenvalue weighted by atomic mass is 10.1. The fourth-order valence-electron chi connectivity index (χ4n) is 1.87. The first-order valence-corrected chi connectivity index (χ1v) is 6.10. The van der Waals surface area contributed by atoms with Gasteiger partial charge in [-0.25, -0.2) is 0 Å². The van der Waals surface area contributed by atoms with Gasteiger partial charge in [-0.05, 0) is 18.2 Å². The molecule has 0 aliphatic carbocycles. The highest BCUT2D eigenvalue weighted by Gasteiger charge is 2.30. The molecule has 0 unspecified atom stereocenters. The SMILES string of the molecule is COc1ccc(C(=O)CN2C(=O)CCC2=O)cc1Cl. The van der Waals surface area contributed by atoms with Crippen molar-refractivity contribution in [3.8, 4) is 5.75 Å². The van der Waals surface area contributed by atoms with Gasteiger partial charge in [0.2, 0.25) is 11.8 Å². The van der Waals surface area contributed by atoms with Crippen molar-refractivity contribution in [2.75, 3.05) is 13.7 Å². The van der Waals surface area contributed by atoms with Crippen LogP contribution in [0.2, 0.25) is 5.02 Å². The first kappa shape index (κ1) is 13.5. The Morgan fingerprint density at radius 3 is 2.47 bits per heavy atom. The molecule has 0 N–H and O–H groups in total. The molecule has 1 aromatic carbocycles. The number of ketones is 1. The number of nitrogens with zero attached hydrogens (tertiary/aromatic N) is 1. The van der Waals surface area contributed by atoms with E-state index < -0.39 is 0 Å². The Kier molecular flexibility index (Phi) is 3.85. The highest BCUT2D eigenvalue weighted by atomic mass is 35.5. The van der Waals surface area contributed by atoms with Gasteiger partial charge in [-0.1, -0.05) is 11.6 Å². The van der Waals surface area contributed by atoms with Crippen LogP contribution in [0.4, 0.5) is 0 Å². The van der Waals surface area contributed by atoms with Gasteiger partial charge in [0.1, 0.15) is 5.75 Å². The van der Waals surface area contributed by atoms with Gasteiger partial charge in [0.05, 0.1) is 18.7 Å². The summed E-state index contributed by atoms with van der Waals surface area (Å²) in [6.45, 7) is -0.236. The van der Waals surface area contributed by atoms with Crippen LogP contribution >= 0.6 is 11.6 Å². The first-order valence-electron chi connectivity index (χ1n) is 5.73. The molecule has 1 fully saturated rings. The molecule has 6 heteroatoms. The van der Waals surface area contributed by atoms with Crippen LogP contribution in [0.25, 0.3) is 0 Å². The van der Waals surface area contributed by atoms with Gasteiger partial charge in [0.25, 0.3) is 0 Å². The minimum atomic E-state index is -0.326. The Labute approximate surface area is 115 Å². The Morgan fingerprint density at radius 1 is 1.32 bits per heavy atom. The molecule has 2 rings (SSSR count). The van der Waals surface area contributed by atoms with Crippen LogP contribution in [-0.4, -0.2) is 36.2 Å². The first-order chi connectivity index (χ1) is 9.02. The van der Waals surface area contributed by atoms with Crippen molar-refractivity contribution < 1.29 is 19.1 Å². The highest BCUT2D eigenvalue weighted by molar-refractivity contribution is 6.32. The number of carbonyl (C=O) groups excluding carboxylic acids is 3. The Balaban J connectivity index is 2.14. The lowest BCUT2D eigenvalue weighted by Gasteiger charge is -2.13. The predicted octanol–water partition coefficient (Wildman–Crippen LogP) is 1.68. The number of hydrogen-bond acceptors (Lipinski definition) is 4. The minimum absolute atomic E-state index is 0.176. The number of halogens is 1. The maximum Gasteiger partial charge on any atom is 0.230 e. The summed E-state index contributed by atoms with van der Waals surface area (Å²) in [4.78, 5) is 35.8. The smallest absolute Gasteiger partial charge is 0.230 e. The third-order valence-corrected chi connectivity index (χ3v) is 3.23. The summed E-state index contributed by atoms with van der Waals surface area (Å²) < 4.78 is 4.99. The second-order valence-electron chi connectivity index (χ2n) is 4.15. The monoisotopic (exact) mass is 281 g/mol. The number of rotatable bonds is 4. The Hall–Kier alpha value is -1.88. The number of amides is 2. The van der Waals surface area contributed by atoms with E-state index in [0.717, 1.165) is 4.90 Å². The third kappa shape index (κ3) is 2.76. The summed E-state index contributed by atoms with van der Waals surface area (Å²) >= 11 is 5.92. The lowest BCUT2D eigenvalue weighted by Crippen LogP contribution is -2.34. The molecule has 0 saturated carbocycles. The second-order valence-corrected chi connectivity index (χ2v) is 4.55. The number of methoxy groups -OCH3 is 1. The fourth-order valence-corrected chi connectivity index (χ4v) is 2.13. The zero-order chi connectivity index (χ0) is 14.0. The molecule has 0 radical (unpaired) electrons. The van der Waals surface area contributed by atoms with E-state index in [0.29, 0.717) is 16.3 Å². The van der Waals surface area contributed by atoms with E-state index in [9.17, 15) is 14.4 Å². The van der Waals surface area contributed by atoms with Crippen molar-refractivity contribution in [3.63, 3.8) is 0 Å². The molecule has 0 bridgehead atoms. The lowest BCUT2D eigenvalue weighted by molar-refractivity contribution is -0.137. The number of likely N-dealkylation sites (tertiary alicyclic amines) is 1. The topological polar surface area (TPSA) is 63.7 Å². The third-order valence-electron chi connectivity index (χ3n) is 2.93. The van der Waals surface area contributed by atoms with E-state index >= 15 is 0 Å². The van der Waals surface area contributed by atoms with E-state index in [1.165, 1.54) is 13.2 Å². The molecule has 1 aliphatic heterocycles. The van der Waals surface area contributed by atoms with Crippen LogP contribution in [0, 0.1) is 0 Å². The number of hydrogen-bond donors (Lipinski definition) is 0. The molecule has 19 heavy (non-hydrogen) atoms. The molecule has 0 spiro atoms. The summed E-state index contributed by atoms with van der Waals surface area (Å²) in [5.41, 5.74) is 0.346. The molecule has 1 aromatic rings. The number of benzene rings is 1. The second kappa shape index (κ2) is 5.40. The van der Waals surface area contributed by atoms with Crippen molar-refractivity contribution in [2.24, 2.45) is 0 Å². The van der Waals surface area contributed by atoms with E-state index in [1.54, 1.807) is 12.1 Å². The molecule has 2 amide bonds. The van der Waals surface area contributed by atoms with E-state index in [1.807, 2.05) is 0 Å². The highest BCUT2D eigenvalue weighted by Crippen LogP contribution is 2.25. The Bertz CT molecular complexity index is 540. The predicted molar refractivity (Wildman–Crippen MR) is 68.3 cm³/mol. The van der Waals surface area contributed by atoms with Gasteiger partial charge in [-0.15, -0.1) is 0 Å². The average molecular weight is 282 g/mol. The van der Waals surface area contributed by atoms with E-state index in [2.05, 4.69) is 0 Å². The van der Waals surface area contributed by atoms with Crippen LogP contribution in [0.5, 0.6) is 5.75 Å². The van der Waals surface area contributed by atoms with Gasteiger partial charge >= 0.3 is 0 Å². The molecule has 1 heterocycles. The van der Waals surface area contributed by atoms with Crippen molar-refractivity contribution in [2.45, 2.75) is 12.8 Å². The zero-order valence-electron chi connectivity index (χ0n) is 10.3. The zero-order valence-corrected chi connectivity index (χ0v) is 11.1. The molecule has 5 nitrogen and oxygen atoms in total. The number of ether oxygens (including phenoxy) is 1. The van der Waals surface area contributed by atoms with Crippen molar-refractivity contribution in [1.82, 2.24) is 4.90 Å². The van der Waals surface area contributed by atoms with Crippen LogP contribution in [0.3, 0.4) is 0 Å². The van der Waals surface area contributed by atoms with Gasteiger partial charge < -0.3 is 4.74 Å². The van der Waals surface area contributed by atoms with Crippen LogP contribution < -0.4 is 4.74 Å². The summed E-state index contributed by atoms with van der Waals surface area (Å²) in [6.07, 6.45) is 0.352. The molecular weight excluding hydrogens is 270 g/mol. The van der Waals surface area contributed by atoms with E-state index in [-0.39, 0.29) is 37.0 Å². The quantitative estimate of drug-likeness (QED) is 0.622. The number of carbonyl (C=O) groups is 3. The molecule has 1 aliphatic rings. The largest absolute Gasteiger partial charge is 0.495 e.